The molecule has 1 saturated heterocycles. The van der Waals surface area contributed by atoms with Gasteiger partial charge >= 0.3 is 5.97 Å². The van der Waals surface area contributed by atoms with Gasteiger partial charge in [-0.3, -0.25) is 4.21 Å². The van der Waals surface area contributed by atoms with Crippen molar-refractivity contribution in [3.63, 3.8) is 0 Å². The molecule has 1 fully saturated rings. The number of ether oxygens (including phenoxy) is 1. The van der Waals surface area contributed by atoms with Crippen LogP contribution in [0.3, 0.4) is 0 Å². The maximum absolute atomic E-state index is 12.2. The Hall–Kier alpha value is -1.14. The summed E-state index contributed by atoms with van der Waals surface area (Å²) in [6.07, 6.45) is 0.785. The number of aryl methyl sites for hydroxylation is 1. The van der Waals surface area contributed by atoms with E-state index in [1.165, 1.54) is 6.07 Å². The molecule has 0 bridgehead atoms. The van der Waals surface area contributed by atoms with Gasteiger partial charge in [-0.15, -0.1) is 0 Å². The van der Waals surface area contributed by atoms with Crippen LogP contribution < -0.4 is 0 Å². The predicted octanol–water partition coefficient (Wildman–Crippen LogP) is 1.71. The Morgan fingerprint density at radius 2 is 2.33 bits per heavy atom. The second-order valence-electron chi connectivity index (χ2n) is 4.43. The third-order valence-corrected chi connectivity index (χ3v) is 5.06. The second-order valence-corrected chi connectivity index (χ2v) is 6.08. The van der Waals surface area contributed by atoms with Crippen LogP contribution in [0.5, 0.6) is 0 Å². The van der Waals surface area contributed by atoms with Crippen molar-refractivity contribution in [3.05, 3.63) is 23.2 Å². The van der Waals surface area contributed by atoms with Crippen LogP contribution in [-0.2, 0) is 21.3 Å². The first-order chi connectivity index (χ1) is 8.49. The van der Waals surface area contributed by atoms with Gasteiger partial charge < -0.3 is 14.3 Å². The Morgan fingerprint density at radius 3 is 2.83 bits per heavy atom. The summed E-state index contributed by atoms with van der Waals surface area (Å²) in [4.78, 5) is 10.8. The average molecular weight is 272 g/mol. The quantitative estimate of drug-likeness (QED) is 0.903. The van der Waals surface area contributed by atoms with E-state index < -0.39 is 16.8 Å². The average Bonchev–Trinajstić information content (AvgIpc) is 2.86. The van der Waals surface area contributed by atoms with Crippen LogP contribution in [0.2, 0.25) is 0 Å². The molecule has 0 radical (unpaired) electrons. The summed E-state index contributed by atoms with van der Waals surface area (Å²) in [6.45, 7) is 4.25. The fraction of sp³-hybridized carbons (Fsp3) is 0.583. The monoisotopic (exact) mass is 272 g/mol. The first-order valence-electron chi connectivity index (χ1n) is 5.80. The van der Waals surface area contributed by atoms with E-state index in [-0.39, 0.29) is 17.1 Å². The summed E-state index contributed by atoms with van der Waals surface area (Å²) < 4.78 is 22.7. The van der Waals surface area contributed by atoms with Crippen LogP contribution in [0, 0.1) is 6.92 Å². The van der Waals surface area contributed by atoms with E-state index in [2.05, 4.69) is 0 Å². The number of furan rings is 1. The SMILES string of the molecule is Cc1oc(C(=O)O)cc1CS(=O)C1CCOC1C. The van der Waals surface area contributed by atoms with Crippen molar-refractivity contribution in [1.82, 2.24) is 0 Å². The van der Waals surface area contributed by atoms with Crippen molar-refractivity contribution in [2.75, 3.05) is 6.61 Å². The Kier molecular flexibility index (Phi) is 3.87. The summed E-state index contributed by atoms with van der Waals surface area (Å²) in [7, 11) is -1.06. The van der Waals surface area contributed by atoms with Crippen molar-refractivity contribution < 1.29 is 23.3 Å². The lowest BCUT2D eigenvalue weighted by Crippen LogP contribution is -2.24. The molecule has 0 saturated carbocycles. The Labute approximate surface area is 108 Å². The molecule has 6 heteroatoms. The van der Waals surface area contributed by atoms with Crippen molar-refractivity contribution >= 4 is 16.8 Å². The highest BCUT2D eigenvalue weighted by molar-refractivity contribution is 7.84. The standard InChI is InChI=1S/C12H16O5S/c1-7-9(5-10(17-7)12(13)14)6-18(15)11-3-4-16-8(11)2/h5,8,11H,3-4,6H2,1-2H3,(H,13,14). The molecule has 0 aliphatic carbocycles. The molecule has 1 aromatic rings. The largest absolute Gasteiger partial charge is 0.475 e. The smallest absolute Gasteiger partial charge is 0.371 e. The van der Waals surface area contributed by atoms with Gasteiger partial charge in [0.05, 0.1) is 17.1 Å². The maximum Gasteiger partial charge on any atom is 0.371 e. The summed E-state index contributed by atoms with van der Waals surface area (Å²) in [5, 5.41) is 8.84. The van der Waals surface area contributed by atoms with Gasteiger partial charge in [-0.05, 0) is 26.3 Å². The summed E-state index contributed by atoms with van der Waals surface area (Å²) in [5.74, 6) is -0.365. The zero-order valence-corrected chi connectivity index (χ0v) is 11.2. The van der Waals surface area contributed by atoms with E-state index in [4.69, 9.17) is 14.3 Å². The lowest BCUT2D eigenvalue weighted by Gasteiger charge is -2.13. The summed E-state index contributed by atoms with van der Waals surface area (Å²) in [6, 6.07) is 1.45. The van der Waals surface area contributed by atoms with Gasteiger partial charge in [0.2, 0.25) is 5.76 Å². The van der Waals surface area contributed by atoms with Gasteiger partial charge in [0, 0.05) is 23.0 Å². The molecule has 1 N–H and O–H groups in total. The zero-order valence-electron chi connectivity index (χ0n) is 10.3. The number of carboxylic acids is 1. The van der Waals surface area contributed by atoms with Gasteiger partial charge in [0.25, 0.3) is 0 Å². The Balaban J connectivity index is 2.09. The Morgan fingerprint density at radius 1 is 1.61 bits per heavy atom. The highest BCUT2D eigenvalue weighted by atomic mass is 32.2. The van der Waals surface area contributed by atoms with Gasteiger partial charge in [0.15, 0.2) is 0 Å². The molecule has 2 rings (SSSR count). The second kappa shape index (κ2) is 5.24. The molecule has 100 valence electrons. The molecule has 0 amide bonds. The predicted molar refractivity (Wildman–Crippen MR) is 66.1 cm³/mol. The molecule has 2 heterocycles. The van der Waals surface area contributed by atoms with Crippen LogP contribution in [-0.4, -0.2) is 33.2 Å². The number of hydrogen-bond donors (Lipinski definition) is 1. The molecular formula is C12H16O5S. The molecule has 1 aromatic heterocycles. The van der Waals surface area contributed by atoms with Crippen LogP contribution in [0.25, 0.3) is 0 Å². The molecular weight excluding hydrogens is 256 g/mol. The molecule has 3 unspecified atom stereocenters. The minimum absolute atomic E-state index is 0.00279. The zero-order chi connectivity index (χ0) is 13.3. The number of carbonyl (C=O) groups is 1. The fourth-order valence-corrected chi connectivity index (χ4v) is 3.76. The van der Waals surface area contributed by atoms with E-state index in [0.29, 0.717) is 23.7 Å². The lowest BCUT2D eigenvalue weighted by molar-refractivity contribution is 0.0661. The van der Waals surface area contributed by atoms with E-state index >= 15 is 0 Å². The number of carboxylic acid groups (broad SMARTS) is 1. The number of rotatable bonds is 4. The van der Waals surface area contributed by atoms with E-state index in [1.807, 2.05) is 6.92 Å². The molecule has 18 heavy (non-hydrogen) atoms. The maximum atomic E-state index is 12.2. The van der Waals surface area contributed by atoms with Crippen molar-refractivity contribution in [3.8, 4) is 0 Å². The molecule has 0 spiro atoms. The van der Waals surface area contributed by atoms with E-state index in [0.717, 1.165) is 6.42 Å². The molecule has 1 aliphatic heterocycles. The molecule has 3 atom stereocenters. The van der Waals surface area contributed by atoms with Gasteiger partial charge in [0.1, 0.15) is 5.76 Å². The number of aromatic carboxylic acids is 1. The first-order valence-corrected chi connectivity index (χ1v) is 7.18. The van der Waals surface area contributed by atoms with Gasteiger partial charge in [-0.25, -0.2) is 4.79 Å². The minimum atomic E-state index is -1.10. The molecule has 0 aromatic carbocycles. The number of hydrogen-bond acceptors (Lipinski definition) is 4. The first kappa shape index (κ1) is 13.3. The third-order valence-electron chi connectivity index (χ3n) is 3.17. The topological polar surface area (TPSA) is 76.7 Å². The van der Waals surface area contributed by atoms with Crippen LogP contribution >= 0.6 is 0 Å². The van der Waals surface area contributed by atoms with Crippen molar-refractivity contribution in [2.24, 2.45) is 0 Å². The van der Waals surface area contributed by atoms with Crippen molar-refractivity contribution in [1.29, 1.82) is 0 Å². The fourth-order valence-electron chi connectivity index (χ4n) is 2.09. The normalized spacial score (nSPS) is 25.2. The van der Waals surface area contributed by atoms with E-state index in [9.17, 15) is 9.00 Å². The molecule has 1 aliphatic rings. The summed E-state index contributed by atoms with van der Waals surface area (Å²) in [5.41, 5.74) is 0.699. The Bertz CT molecular complexity index is 479. The van der Waals surface area contributed by atoms with Gasteiger partial charge in [-0.1, -0.05) is 0 Å². The minimum Gasteiger partial charge on any atom is -0.475 e. The van der Waals surface area contributed by atoms with Gasteiger partial charge in [-0.2, -0.15) is 0 Å². The molecule has 5 nitrogen and oxygen atoms in total. The summed E-state index contributed by atoms with van der Waals surface area (Å²) >= 11 is 0. The van der Waals surface area contributed by atoms with Crippen LogP contribution in [0.4, 0.5) is 0 Å². The third kappa shape index (κ3) is 2.64. The van der Waals surface area contributed by atoms with Crippen LogP contribution in [0.15, 0.2) is 10.5 Å². The highest BCUT2D eigenvalue weighted by Gasteiger charge is 2.30. The lowest BCUT2D eigenvalue weighted by atomic mass is 10.2. The van der Waals surface area contributed by atoms with Crippen LogP contribution in [0.1, 0.15) is 35.2 Å². The van der Waals surface area contributed by atoms with E-state index in [1.54, 1.807) is 6.92 Å². The highest BCUT2D eigenvalue weighted by Crippen LogP contribution is 2.23. The van der Waals surface area contributed by atoms with Crippen molar-refractivity contribution in [2.45, 2.75) is 37.4 Å².